The molecule has 2 aromatic heterocycles. The number of nitrogens with two attached hydrogens (primary N) is 1. The molecular formula is C14H12N4O. The fourth-order valence-electron chi connectivity index (χ4n) is 1.94. The lowest BCUT2D eigenvalue weighted by Crippen LogP contribution is -2.12. The number of hydrogen-bond acceptors (Lipinski definition) is 3. The molecule has 3 rings (SSSR count). The van der Waals surface area contributed by atoms with E-state index in [1.54, 1.807) is 16.9 Å². The molecule has 0 aliphatic rings. The number of rotatable bonds is 2. The fourth-order valence-corrected chi connectivity index (χ4v) is 1.94. The molecule has 0 fully saturated rings. The Morgan fingerprint density at radius 1 is 1.21 bits per heavy atom. The molecule has 1 amide bonds. The number of aromatic nitrogens is 3. The Morgan fingerprint density at radius 2 is 1.95 bits per heavy atom. The Balaban J connectivity index is 2.15. The molecule has 2 N–H and O–H groups in total. The van der Waals surface area contributed by atoms with Crippen molar-refractivity contribution in [2.45, 2.75) is 6.92 Å². The van der Waals surface area contributed by atoms with Gasteiger partial charge < -0.3 is 5.73 Å². The molecule has 19 heavy (non-hydrogen) atoms. The number of primary amides is 1. The SMILES string of the molecule is Cc1ccc(-c2cnn3cc(C(N)=O)cnc23)cc1. The highest BCUT2D eigenvalue weighted by molar-refractivity contribution is 5.92. The summed E-state index contributed by atoms with van der Waals surface area (Å²) >= 11 is 0. The molecule has 0 spiro atoms. The molecule has 5 heteroatoms. The summed E-state index contributed by atoms with van der Waals surface area (Å²) in [5, 5.41) is 4.21. The van der Waals surface area contributed by atoms with Crippen LogP contribution in [0, 0.1) is 6.92 Å². The molecule has 0 atom stereocenters. The van der Waals surface area contributed by atoms with Crippen molar-refractivity contribution in [2.75, 3.05) is 0 Å². The van der Waals surface area contributed by atoms with Gasteiger partial charge in [-0.25, -0.2) is 9.50 Å². The maximum Gasteiger partial charge on any atom is 0.251 e. The molecule has 5 nitrogen and oxygen atoms in total. The van der Waals surface area contributed by atoms with E-state index in [0.717, 1.165) is 11.1 Å². The summed E-state index contributed by atoms with van der Waals surface area (Å²) in [4.78, 5) is 15.4. The third kappa shape index (κ3) is 1.95. The molecular weight excluding hydrogens is 240 g/mol. The molecule has 0 bridgehead atoms. The number of hydrogen-bond donors (Lipinski definition) is 1. The second-order valence-corrected chi connectivity index (χ2v) is 4.40. The highest BCUT2D eigenvalue weighted by Gasteiger charge is 2.09. The zero-order chi connectivity index (χ0) is 13.4. The van der Waals surface area contributed by atoms with Crippen molar-refractivity contribution in [3.05, 3.63) is 54.0 Å². The minimum Gasteiger partial charge on any atom is -0.366 e. The molecule has 0 aliphatic heterocycles. The van der Waals surface area contributed by atoms with Crippen LogP contribution >= 0.6 is 0 Å². The third-order valence-corrected chi connectivity index (χ3v) is 3.00. The van der Waals surface area contributed by atoms with Crippen molar-refractivity contribution in [3.63, 3.8) is 0 Å². The van der Waals surface area contributed by atoms with Crippen molar-refractivity contribution in [1.82, 2.24) is 14.6 Å². The van der Waals surface area contributed by atoms with E-state index in [4.69, 9.17) is 5.73 Å². The number of fused-ring (bicyclic) bond motifs is 1. The van der Waals surface area contributed by atoms with E-state index in [0.29, 0.717) is 11.2 Å². The summed E-state index contributed by atoms with van der Waals surface area (Å²) in [6.45, 7) is 2.04. The minimum atomic E-state index is -0.512. The number of carbonyl (C=O) groups excluding carboxylic acids is 1. The van der Waals surface area contributed by atoms with E-state index < -0.39 is 5.91 Å². The highest BCUT2D eigenvalue weighted by Crippen LogP contribution is 2.23. The van der Waals surface area contributed by atoms with Crippen LogP contribution in [-0.2, 0) is 0 Å². The minimum absolute atomic E-state index is 0.339. The van der Waals surface area contributed by atoms with E-state index in [9.17, 15) is 4.79 Å². The molecule has 0 saturated carbocycles. The number of carbonyl (C=O) groups is 1. The van der Waals surface area contributed by atoms with Crippen LogP contribution in [0.2, 0.25) is 0 Å². The van der Waals surface area contributed by atoms with Gasteiger partial charge in [-0.15, -0.1) is 0 Å². The van der Waals surface area contributed by atoms with E-state index in [1.165, 1.54) is 11.8 Å². The van der Waals surface area contributed by atoms with Crippen molar-refractivity contribution >= 4 is 11.6 Å². The lowest BCUT2D eigenvalue weighted by Gasteiger charge is -2.00. The Bertz CT molecular complexity index is 759. The van der Waals surface area contributed by atoms with Gasteiger partial charge in [-0.05, 0) is 12.5 Å². The summed E-state index contributed by atoms with van der Waals surface area (Å²) < 4.78 is 1.56. The first-order valence-corrected chi connectivity index (χ1v) is 5.85. The molecule has 0 radical (unpaired) electrons. The average molecular weight is 252 g/mol. The van der Waals surface area contributed by atoms with Gasteiger partial charge >= 0.3 is 0 Å². The van der Waals surface area contributed by atoms with Crippen molar-refractivity contribution in [2.24, 2.45) is 5.73 Å². The number of amides is 1. The van der Waals surface area contributed by atoms with Crippen molar-refractivity contribution in [1.29, 1.82) is 0 Å². The molecule has 0 unspecified atom stereocenters. The fraction of sp³-hybridized carbons (Fsp3) is 0.0714. The molecule has 2 heterocycles. The predicted octanol–water partition coefficient (Wildman–Crippen LogP) is 1.80. The summed E-state index contributed by atoms with van der Waals surface area (Å²) in [5.41, 5.74) is 9.43. The zero-order valence-electron chi connectivity index (χ0n) is 10.4. The van der Waals surface area contributed by atoms with Crippen LogP contribution in [-0.4, -0.2) is 20.5 Å². The Kier molecular flexibility index (Phi) is 2.52. The molecule has 3 aromatic rings. The largest absolute Gasteiger partial charge is 0.366 e. The predicted molar refractivity (Wildman–Crippen MR) is 71.7 cm³/mol. The van der Waals surface area contributed by atoms with Gasteiger partial charge in [-0.2, -0.15) is 5.10 Å². The maximum absolute atomic E-state index is 11.1. The molecule has 0 aliphatic carbocycles. The first kappa shape index (κ1) is 11.4. The summed E-state index contributed by atoms with van der Waals surface area (Å²) in [7, 11) is 0. The van der Waals surface area contributed by atoms with Crippen LogP contribution in [0.15, 0.2) is 42.9 Å². The first-order chi connectivity index (χ1) is 9.15. The number of aryl methyl sites for hydroxylation is 1. The van der Waals surface area contributed by atoms with E-state index in [2.05, 4.69) is 10.1 Å². The van der Waals surface area contributed by atoms with E-state index in [1.807, 2.05) is 31.2 Å². The van der Waals surface area contributed by atoms with Gasteiger partial charge in [0.2, 0.25) is 0 Å². The second-order valence-electron chi connectivity index (χ2n) is 4.40. The van der Waals surface area contributed by atoms with E-state index in [-0.39, 0.29) is 0 Å². The smallest absolute Gasteiger partial charge is 0.251 e. The topological polar surface area (TPSA) is 73.3 Å². The Morgan fingerprint density at radius 3 is 2.63 bits per heavy atom. The van der Waals surface area contributed by atoms with Gasteiger partial charge in [0.05, 0.1) is 11.8 Å². The lowest BCUT2D eigenvalue weighted by molar-refractivity contribution is 0.0999. The normalized spacial score (nSPS) is 10.8. The van der Waals surface area contributed by atoms with Crippen LogP contribution in [0.25, 0.3) is 16.8 Å². The monoisotopic (exact) mass is 252 g/mol. The van der Waals surface area contributed by atoms with Crippen LogP contribution in [0.1, 0.15) is 15.9 Å². The average Bonchev–Trinajstić information content (AvgIpc) is 2.82. The summed E-state index contributed by atoms with van der Waals surface area (Å²) in [6, 6.07) is 8.12. The van der Waals surface area contributed by atoms with Crippen molar-refractivity contribution < 1.29 is 4.79 Å². The van der Waals surface area contributed by atoms with Gasteiger partial charge in [0.25, 0.3) is 5.91 Å². The summed E-state index contributed by atoms with van der Waals surface area (Å²) in [6.07, 6.45) is 4.79. The number of benzene rings is 1. The third-order valence-electron chi connectivity index (χ3n) is 3.00. The Labute approximate surface area is 109 Å². The highest BCUT2D eigenvalue weighted by atomic mass is 16.1. The van der Waals surface area contributed by atoms with Crippen LogP contribution in [0.5, 0.6) is 0 Å². The second kappa shape index (κ2) is 4.20. The van der Waals surface area contributed by atoms with Crippen molar-refractivity contribution in [3.8, 4) is 11.1 Å². The molecule has 1 aromatic carbocycles. The van der Waals surface area contributed by atoms with Gasteiger partial charge in [-0.3, -0.25) is 4.79 Å². The quantitative estimate of drug-likeness (QED) is 0.755. The molecule has 94 valence electrons. The van der Waals surface area contributed by atoms with Gasteiger partial charge in [0.15, 0.2) is 5.65 Å². The zero-order valence-corrected chi connectivity index (χ0v) is 10.4. The lowest BCUT2D eigenvalue weighted by atomic mass is 10.1. The van der Waals surface area contributed by atoms with Gasteiger partial charge in [0.1, 0.15) is 0 Å². The first-order valence-electron chi connectivity index (χ1n) is 5.85. The maximum atomic E-state index is 11.1. The van der Waals surface area contributed by atoms with Gasteiger partial charge in [-0.1, -0.05) is 29.8 Å². The van der Waals surface area contributed by atoms with Gasteiger partial charge in [0, 0.05) is 18.0 Å². The number of nitrogens with zero attached hydrogens (tertiary/aromatic N) is 3. The summed E-state index contributed by atoms with van der Waals surface area (Å²) in [5.74, 6) is -0.512. The van der Waals surface area contributed by atoms with E-state index >= 15 is 0 Å². The standard InChI is InChI=1S/C14H12N4O/c1-9-2-4-10(5-3-9)12-7-17-18-8-11(13(15)19)6-16-14(12)18/h2-8H,1H3,(H2,15,19). The molecule has 0 saturated heterocycles. The van der Waals surface area contributed by atoms with Crippen LogP contribution < -0.4 is 5.73 Å². The Hall–Kier alpha value is -2.69. The van der Waals surface area contributed by atoms with Crippen LogP contribution in [0.3, 0.4) is 0 Å². The van der Waals surface area contributed by atoms with Crippen LogP contribution in [0.4, 0.5) is 0 Å².